The van der Waals surface area contributed by atoms with Crippen LogP contribution in [0.25, 0.3) is 11.0 Å². The number of hydrogen-bond acceptors (Lipinski definition) is 2. The van der Waals surface area contributed by atoms with Crippen LogP contribution in [0.2, 0.25) is 5.02 Å². The van der Waals surface area contributed by atoms with E-state index in [-0.39, 0.29) is 5.63 Å². The average Bonchev–Trinajstić information content (AvgIpc) is 2.04. The fourth-order valence-corrected chi connectivity index (χ4v) is 1.29. The minimum absolute atomic E-state index is 0.357. The number of benzene rings is 1. The molecule has 3 heteroatoms. The Morgan fingerprint density at radius 3 is 2.83 bits per heavy atom. The molecule has 2 nitrogen and oxygen atoms in total. The van der Waals surface area contributed by atoms with Crippen LogP contribution in [0.3, 0.4) is 0 Å². The lowest BCUT2D eigenvalue weighted by Gasteiger charge is -1.95. The first kappa shape index (κ1) is 7.37. The lowest BCUT2D eigenvalue weighted by Crippen LogP contribution is -1.93. The Morgan fingerprint density at radius 1 is 1.17 bits per heavy atom. The number of hydrogen-bond donors (Lipinski definition) is 0. The Balaban J connectivity index is 2.96. The summed E-state index contributed by atoms with van der Waals surface area (Å²) in [7, 11) is 0. The second kappa shape index (κ2) is 2.64. The molecule has 2 aromatic rings. The smallest absolute Gasteiger partial charge is 0.336 e. The lowest BCUT2D eigenvalue weighted by atomic mass is 10.2. The van der Waals surface area contributed by atoms with E-state index in [9.17, 15) is 4.79 Å². The van der Waals surface area contributed by atoms with Crippen LogP contribution < -0.4 is 5.63 Å². The zero-order valence-corrected chi connectivity index (χ0v) is 6.84. The van der Waals surface area contributed by atoms with Gasteiger partial charge in [0.25, 0.3) is 0 Å². The second-order valence-corrected chi connectivity index (χ2v) is 2.81. The van der Waals surface area contributed by atoms with Gasteiger partial charge in [0.1, 0.15) is 5.58 Å². The van der Waals surface area contributed by atoms with Crippen LogP contribution in [0.4, 0.5) is 0 Å². The maximum absolute atomic E-state index is 10.8. The lowest BCUT2D eigenvalue weighted by molar-refractivity contribution is 0.561. The van der Waals surface area contributed by atoms with Crippen LogP contribution >= 0.6 is 11.6 Å². The standard InChI is InChI=1S/C9H5ClO2/c10-7-2-1-3-8-6(7)4-5-9(11)12-8/h1-5H. The van der Waals surface area contributed by atoms with Crippen LogP contribution in [0, 0.1) is 0 Å². The first-order valence-electron chi connectivity index (χ1n) is 3.46. The molecule has 0 fully saturated rings. The number of fused-ring (bicyclic) bond motifs is 1. The van der Waals surface area contributed by atoms with Gasteiger partial charge in [0, 0.05) is 11.5 Å². The molecule has 1 aromatic carbocycles. The van der Waals surface area contributed by atoms with Crippen molar-refractivity contribution < 1.29 is 4.42 Å². The SMILES string of the molecule is O=c1ccc2c(Cl)cccc2o1. The van der Waals surface area contributed by atoms with Gasteiger partial charge in [-0.25, -0.2) is 4.79 Å². The van der Waals surface area contributed by atoms with Crippen molar-refractivity contribution in [2.45, 2.75) is 0 Å². The zero-order valence-electron chi connectivity index (χ0n) is 6.08. The molecule has 0 radical (unpaired) electrons. The van der Waals surface area contributed by atoms with Crippen LogP contribution in [-0.2, 0) is 0 Å². The van der Waals surface area contributed by atoms with Gasteiger partial charge < -0.3 is 4.42 Å². The van der Waals surface area contributed by atoms with Crippen LogP contribution in [0.15, 0.2) is 39.5 Å². The van der Waals surface area contributed by atoms with E-state index in [0.29, 0.717) is 10.6 Å². The molecule has 1 aromatic heterocycles. The van der Waals surface area contributed by atoms with Crippen molar-refractivity contribution >= 4 is 22.6 Å². The summed E-state index contributed by atoms with van der Waals surface area (Å²) in [6.45, 7) is 0. The number of halogens is 1. The Kier molecular flexibility index (Phi) is 1.62. The highest BCUT2D eigenvalue weighted by Gasteiger charge is 1.99. The van der Waals surface area contributed by atoms with Crippen LogP contribution in [0.5, 0.6) is 0 Å². The van der Waals surface area contributed by atoms with E-state index < -0.39 is 0 Å². The molecular weight excluding hydrogens is 176 g/mol. The maximum Gasteiger partial charge on any atom is 0.336 e. The molecule has 0 aliphatic rings. The molecule has 0 saturated heterocycles. The van der Waals surface area contributed by atoms with Crippen LogP contribution in [-0.4, -0.2) is 0 Å². The van der Waals surface area contributed by atoms with E-state index in [2.05, 4.69) is 0 Å². The zero-order chi connectivity index (χ0) is 8.55. The minimum Gasteiger partial charge on any atom is -0.423 e. The van der Waals surface area contributed by atoms with Crippen molar-refractivity contribution in [3.05, 3.63) is 45.8 Å². The Bertz CT molecular complexity index is 473. The fourth-order valence-electron chi connectivity index (χ4n) is 1.06. The Hall–Kier alpha value is -1.28. The van der Waals surface area contributed by atoms with Gasteiger partial charge in [-0.15, -0.1) is 0 Å². The third-order valence-electron chi connectivity index (χ3n) is 1.61. The molecule has 0 saturated carbocycles. The highest BCUT2D eigenvalue weighted by molar-refractivity contribution is 6.35. The van der Waals surface area contributed by atoms with Crippen molar-refractivity contribution in [2.75, 3.05) is 0 Å². The molecular formula is C9H5ClO2. The summed E-state index contributed by atoms with van der Waals surface area (Å²) in [5, 5.41) is 1.36. The topological polar surface area (TPSA) is 30.2 Å². The number of rotatable bonds is 0. The summed E-state index contributed by atoms with van der Waals surface area (Å²) in [4.78, 5) is 10.8. The van der Waals surface area contributed by atoms with Crippen molar-refractivity contribution in [3.63, 3.8) is 0 Å². The van der Waals surface area contributed by atoms with Crippen molar-refractivity contribution in [2.24, 2.45) is 0 Å². The summed E-state index contributed by atoms with van der Waals surface area (Å²) in [6, 6.07) is 8.22. The van der Waals surface area contributed by atoms with E-state index in [0.717, 1.165) is 5.39 Å². The molecule has 60 valence electrons. The molecule has 0 aliphatic carbocycles. The van der Waals surface area contributed by atoms with Crippen molar-refractivity contribution in [3.8, 4) is 0 Å². The molecule has 0 atom stereocenters. The summed E-state index contributed by atoms with van der Waals surface area (Å²) in [5.41, 5.74) is 0.166. The summed E-state index contributed by atoms with van der Waals surface area (Å²) in [6.07, 6.45) is 0. The Morgan fingerprint density at radius 2 is 2.00 bits per heavy atom. The van der Waals surface area contributed by atoms with Crippen LogP contribution in [0.1, 0.15) is 0 Å². The molecule has 0 spiro atoms. The molecule has 0 bridgehead atoms. The quantitative estimate of drug-likeness (QED) is 0.583. The summed E-state index contributed by atoms with van der Waals surface area (Å²) < 4.78 is 4.90. The maximum atomic E-state index is 10.8. The molecule has 2 rings (SSSR count). The second-order valence-electron chi connectivity index (χ2n) is 2.41. The Labute approximate surface area is 73.4 Å². The van der Waals surface area contributed by atoms with E-state index in [4.69, 9.17) is 16.0 Å². The molecule has 0 amide bonds. The van der Waals surface area contributed by atoms with Gasteiger partial charge >= 0.3 is 5.63 Å². The van der Waals surface area contributed by atoms with E-state index in [1.807, 2.05) is 0 Å². The van der Waals surface area contributed by atoms with Gasteiger partial charge in [-0.05, 0) is 18.2 Å². The van der Waals surface area contributed by atoms with Gasteiger partial charge in [-0.3, -0.25) is 0 Å². The van der Waals surface area contributed by atoms with E-state index in [1.54, 1.807) is 24.3 Å². The monoisotopic (exact) mass is 180 g/mol. The molecule has 0 unspecified atom stereocenters. The minimum atomic E-state index is -0.357. The first-order chi connectivity index (χ1) is 5.77. The predicted octanol–water partition coefficient (Wildman–Crippen LogP) is 2.45. The highest BCUT2D eigenvalue weighted by atomic mass is 35.5. The summed E-state index contributed by atoms with van der Waals surface area (Å²) in [5.74, 6) is 0. The van der Waals surface area contributed by atoms with Crippen molar-refractivity contribution in [1.82, 2.24) is 0 Å². The van der Waals surface area contributed by atoms with Gasteiger partial charge in [0.15, 0.2) is 0 Å². The third-order valence-corrected chi connectivity index (χ3v) is 1.94. The third kappa shape index (κ3) is 1.10. The van der Waals surface area contributed by atoms with Gasteiger partial charge in [0.2, 0.25) is 0 Å². The van der Waals surface area contributed by atoms with Crippen molar-refractivity contribution in [1.29, 1.82) is 0 Å². The van der Waals surface area contributed by atoms with Gasteiger partial charge in [0.05, 0.1) is 5.02 Å². The fraction of sp³-hybridized carbons (Fsp3) is 0. The predicted molar refractivity (Wildman–Crippen MR) is 47.5 cm³/mol. The molecule has 0 aliphatic heterocycles. The molecule has 12 heavy (non-hydrogen) atoms. The molecule has 1 heterocycles. The first-order valence-corrected chi connectivity index (χ1v) is 3.83. The van der Waals surface area contributed by atoms with E-state index in [1.165, 1.54) is 6.07 Å². The normalized spacial score (nSPS) is 10.4. The van der Waals surface area contributed by atoms with E-state index >= 15 is 0 Å². The largest absolute Gasteiger partial charge is 0.423 e. The van der Waals surface area contributed by atoms with Gasteiger partial charge in [-0.1, -0.05) is 17.7 Å². The van der Waals surface area contributed by atoms with Gasteiger partial charge in [-0.2, -0.15) is 0 Å². The summed E-state index contributed by atoms with van der Waals surface area (Å²) >= 11 is 5.85. The molecule has 0 N–H and O–H groups in total. The average molecular weight is 181 g/mol. The highest BCUT2D eigenvalue weighted by Crippen LogP contribution is 2.20.